The lowest BCUT2D eigenvalue weighted by atomic mass is 10.1. The van der Waals surface area contributed by atoms with Crippen LogP contribution in [0.3, 0.4) is 0 Å². The average molecular weight is 366 g/mol. The zero-order valence-electron chi connectivity index (χ0n) is 14.7. The van der Waals surface area contributed by atoms with Crippen molar-refractivity contribution in [2.45, 2.75) is 0 Å². The Morgan fingerprint density at radius 2 is 1.54 bits per heavy atom. The molecule has 6 nitrogen and oxygen atoms in total. The highest BCUT2D eigenvalue weighted by atomic mass is 16.6. The molecule has 2 heterocycles. The standard InChI is InChI=1S/C22H14N4O2/c27-26(28)17-10-6-9-16(13-17)19-14-21(15-7-2-1-3-8-15)25-20-12-5-4-11-18(20)23-22(25)24-19/h1-14H. The van der Waals surface area contributed by atoms with Gasteiger partial charge in [0, 0.05) is 17.7 Å². The number of non-ortho nitro benzene ring substituents is 1. The molecule has 0 spiro atoms. The van der Waals surface area contributed by atoms with Crippen LogP contribution < -0.4 is 0 Å². The number of nitro benzene ring substituents is 1. The van der Waals surface area contributed by atoms with E-state index in [9.17, 15) is 10.1 Å². The van der Waals surface area contributed by atoms with Crippen LogP contribution in [0.25, 0.3) is 39.3 Å². The van der Waals surface area contributed by atoms with E-state index in [2.05, 4.69) is 4.98 Å². The molecule has 28 heavy (non-hydrogen) atoms. The van der Waals surface area contributed by atoms with E-state index >= 15 is 0 Å². The number of hydrogen-bond acceptors (Lipinski definition) is 4. The van der Waals surface area contributed by atoms with Gasteiger partial charge in [0.1, 0.15) is 0 Å². The van der Waals surface area contributed by atoms with Crippen LogP contribution in [0.5, 0.6) is 0 Å². The number of benzene rings is 3. The number of nitrogens with zero attached hydrogens (tertiary/aromatic N) is 4. The van der Waals surface area contributed by atoms with Gasteiger partial charge in [-0.2, -0.15) is 0 Å². The van der Waals surface area contributed by atoms with Crippen LogP contribution in [-0.2, 0) is 0 Å². The maximum absolute atomic E-state index is 11.2. The zero-order chi connectivity index (χ0) is 19.1. The molecule has 0 amide bonds. The van der Waals surface area contributed by atoms with Crippen LogP contribution in [-0.4, -0.2) is 19.3 Å². The molecule has 0 aliphatic heterocycles. The minimum Gasteiger partial charge on any atom is -0.276 e. The largest absolute Gasteiger partial charge is 0.276 e. The van der Waals surface area contributed by atoms with Gasteiger partial charge in [0.2, 0.25) is 5.78 Å². The van der Waals surface area contributed by atoms with E-state index in [1.165, 1.54) is 12.1 Å². The molecule has 134 valence electrons. The molecular weight excluding hydrogens is 352 g/mol. The SMILES string of the molecule is O=[N+]([O-])c1cccc(-c2cc(-c3ccccc3)n3c(n2)nc2ccccc23)c1. The molecule has 0 aliphatic rings. The van der Waals surface area contributed by atoms with Gasteiger partial charge in [0.25, 0.3) is 5.69 Å². The Kier molecular flexibility index (Phi) is 3.62. The van der Waals surface area contributed by atoms with Crippen molar-refractivity contribution in [3.63, 3.8) is 0 Å². The van der Waals surface area contributed by atoms with Gasteiger partial charge in [0.05, 0.1) is 27.3 Å². The van der Waals surface area contributed by atoms with Crippen molar-refractivity contribution in [1.82, 2.24) is 14.4 Å². The summed E-state index contributed by atoms with van der Waals surface area (Å²) < 4.78 is 2.02. The molecule has 5 rings (SSSR count). The first-order chi connectivity index (χ1) is 13.7. The fourth-order valence-corrected chi connectivity index (χ4v) is 3.41. The molecule has 0 saturated heterocycles. The zero-order valence-corrected chi connectivity index (χ0v) is 14.7. The highest BCUT2D eigenvalue weighted by molar-refractivity contribution is 5.84. The third kappa shape index (κ3) is 2.59. The summed E-state index contributed by atoms with van der Waals surface area (Å²) in [5, 5.41) is 11.2. The van der Waals surface area contributed by atoms with Gasteiger partial charge < -0.3 is 0 Å². The summed E-state index contributed by atoms with van der Waals surface area (Å²) >= 11 is 0. The fraction of sp³-hybridized carbons (Fsp3) is 0. The molecule has 0 atom stereocenters. The van der Waals surface area contributed by atoms with Gasteiger partial charge in [-0.3, -0.25) is 14.5 Å². The van der Waals surface area contributed by atoms with Crippen molar-refractivity contribution in [3.05, 3.63) is 95.0 Å². The van der Waals surface area contributed by atoms with Crippen molar-refractivity contribution >= 4 is 22.5 Å². The lowest BCUT2D eigenvalue weighted by molar-refractivity contribution is -0.384. The Hall–Kier alpha value is -4.06. The third-order valence-electron chi connectivity index (χ3n) is 4.70. The Bertz CT molecular complexity index is 1340. The Morgan fingerprint density at radius 3 is 2.36 bits per heavy atom. The molecule has 0 fully saturated rings. The molecule has 2 aromatic heterocycles. The highest BCUT2D eigenvalue weighted by Gasteiger charge is 2.15. The van der Waals surface area contributed by atoms with Gasteiger partial charge in [-0.05, 0) is 23.8 Å². The quantitative estimate of drug-likeness (QED) is 0.328. The summed E-state index contributed by atoms with van der Waals surface area (Å²) in [5.74, 6) is 0.559. The molecule has 5 aromatic rings. The minimum atomic E-state index is -0.399. The summed E-state index contributed by atoms with van der Waals surface area (Å²) in [5.41, 5.74) is 5.13. The second-order valence-electron chi connectivity index (χ2n) is 6.44. The summed E-state index contributed by atoms with van der Waals surface area (Å²) in [4.78, 5) is 20.1. The minimum absolute atomic E-state index is 0.0361. The molecule has 0 bridgehead atoms. The number of para-hydroxylation sites is 2. The van der Waals surface area contributed by atoms with E-state index in [1.54, 1.807) is 6.07 Å². The van der Waals surface area contributed by atoms with Crippen molar-refractivity contribution < 1.29 is 4.92 Å². The Morgan fingerprint density at radius 1 is 0.786 bits per heavy atom. The van der Waals surface area contributed by atoms with E-state index in [0.717, 1.165) is 22.3 Å². The fourth-order valence-electron chi connectivity index (χ4n) is 3.41. The van der Waals surface area contributed by atoms with E-state index < -0.39 is 4.92 Å². The molecular formula is C22H14N4O2. The number of fused-ring (bicyclic) bond motifs is 3. The summed E-state index contributed by atoms with van der Waals surface area (Å²) in [7, 11) is 0. The molecule has 0 saturated carbocycles. The normalized spacial score (nSPS) is 11.1. The Labute approximate surface area is 159 Å². The smallest absolute Gasteiger partial charge is 0.270 e. The van der Waals surface area contributed by atoms with Crippen LogP contribution in [0.15, 0.2) is 84.9 Å². The molecule has 0 aliphatic carbocycles. The third-order valence-corrected chi connectivity index (χ3v) is 4.70. The summed E-state index contributed by atoms with van der Waals surface area (Å²) in [6.07, 6.45) is 0. The van der Waals surface area contributed by atoms with E-state index in [1.807, 2.05) is 71.1 Å². The molecule has 0 N–H and O–H groups in total. The molecule has 0 unspecified atom stereocenters. The lowest BCUT2D eigenvalue weighted by Gasteiger charge is -2.10. The Balaban J connectivity index is 1.84. The topological polar surface area (TPSA) is 73.3 Å². The number of imidazole rings is 1. The van der Waals surface area contributed by atoms with Crippen LogP contribution in [0.1, 0.15) is 0 Å². The predicted octanol–water partition coefficient (Wildman–Crippen LogP) is 5.12. The highest BCUT2D eigenvalue weighted by Crippen LogP contribution is 2.30. The van der Waals surface area contributed by atoms with Gasteiger partial charge in [-0.15, -0.1) is 0 Å². The van der Waals surface area contributed by atoms with Gasteiger partial charge in [0.15, 0.2) is 0 Å². The van der Waals surface area contributed by atoms with Crippen LogP contribution in [0.4, 0.5) is 5.69 Å². The maximum Gasteiger partial charge on any atom is 0.270 e. The van der Waals surface area contributed by atoms with Crippen molar-refractivity contribution in [2.24, 2.45) is 0 Å². The predicted molar refractivity (Wildman–Crippen MR) is 108 cm³/mol. The first-order valence-electron chi connectivity index (χ1n) is 8.79. The van der Waals surface area contributed by atoms with E-state index in [-0.39, 0.29) is 5.69 Å². The average Bonchev–Trinajstić information content (AvgIpc) is 3.12. The van der Waals surface area contributed by atoms with Crippen molar-refractivity contribution in [1.29, 1.82) is 0 Å². The van der Waals surface area contributed by atoms with Gasteiger partial charge in [-0.1, -0.05) is 54.6 Å². The molecule has 0 radical (unpaired) electrons. The second-order valence-corrected chi connectivity index (χ2v) is 6.44. The lowest BCUT2D eigenvalue weighted by Crippen LogP contribution is -1.98. The first kappa shape index (κ1) is 16.1. The van der Waals surface area contributed by atoms with Crippen molar-refractivity contribution in [2.75, 3.05) is 0 Å². The maximum atomic E-state index is 11.2. The van der Waals surface area contributed by atoms with Crippen LogP contribution in [0, 0.1) is 10.1 Å². The van der Waals surface area contributed by atoms with E-state index in [0.29, 0.717) is 17.0 Å². The van der Waals surface area contributed by atoms with E-state index in [4.69, 9.17) is 4.98 Å². The number of nitro groups is 1. The van der Waals surface area contributed by atoms with Crippen LogP contribution in [0.2, 0.25) is 0 Å². The molecule has 6 heteroatoms. The summed E-state index contributed by atoms with van der Waals surface area (Å²) in [6.45, 7) is 0. The van der Waals surface area contributed by atoms with Gasteiger partial charge >= 0.3 is 0 Å². The van der Waals surface area contributed by atoms with Crippen LogP contribution >= 0.6 is 0 Å². The first-order valence-corrected chi connectivity index (χ1v) is 8.79. The monoisotopic (exact) mass is 366 g/mol. The summed E-state index contributed by atoms with van der Waals surface area (Å²) in [6, 6.07) is 26.3. The molecule has 3 aromatic carbocycles. The van der Waals surface area contributed by atoms with Gasteiger partial charge in [-0.25, -0.2) is 9.97 Å². The number of aromatic nitrogens is 3. The number of rotatable bonds is 3. The number of hydrogen-bond donors (Lipinski definition) is 0. The second kappa shape index (κ2) is 6.28. The van der Waals surface area contributed by atoms with Crippen molar-refractivity contribution in [3.8, 4) is 22.5 Å².